The molecule has 0 aromatic heterocycles. The highest BCUT2D eigenvalue weighted by Gasteiger charge is 2.19. The lowest BCUT2D eigenvalue weighted by Gasteiger charge is -2.21. The van der Waals surface area contributed by atoms with E-state index in [1.165, 1.54) is 16.7 Å². The highest BCUT2D eigenvalue weighted by Crippen LogP contribution is 2.27. The molecule has 0 fully saturated rings. The Morgan fingerprint density at radius 1 is 0.885 bits per heavy atom. The summed E-state index contributed by atoms with van der Waals surface area (Å²) in [5.74, 6) is 0.516. The second-order valence-corrected chi connectivity index (χ2v) is 7.53. The maximum Gasteiger partial charge on any atom is 0.261 e. The van der Waals surface area contributed by atoms with E-state index < -0.39 is 6.10 Å². The van der Waals surface area contributed by atoms with Crippen molar-refractivity contribution in [3.63, 3.8) is 0 Å². The molecule has 2 rings (SSSR count). The van der Waals surface area contributed by atoms with Gasteiger partial charge < -0.3 is 10.1 Å². The summed E-state index contributed by atoms with van der Waals surface area (Å²) in [6, 6.07) is 7.94. The molecule has 0 saturated heterocycles. The Bertz CT molecular complexity index is 806. The van der Waals surface area contributed by atoms with Crippen LogP contribution in [0.15, 0.2) is 24.3 Å². The molecule has 2 aromatic carbocycles. The van der Waals surface area contributed by atoms with Gasteiger partial charge in [0.2, 0.25) is 0 Å². The van der Waals surface area contributed by atoms with Crippen molar-refractivity contribution in [3.05, 3.63) is 62.7 Å². The summed E-state index contributed by atoms with van der Waals surface area (Å²) in [7, 11) is 0. The number of aryl methyl sites for hydroxylation is 5. The van der Waals surface area contributed by atoms with E-state index in [4.69, 9.17) is 16.3 Å². The number of ether oxygens (including phenoxy) is 1. The molecule has 0 aliphatic rings. The van der Waals surface area contributed by atoms with Crippen molar-refractivity contribution < 1.29 is 9.53 Å². The van der Waals surface area contributed by atoms with Crippen LogP contribution in [0, 0.1) is 34.6 Å². The highest BCUT2D eigenvalue weighted by molar-refractivity contribution is 6.32. The van der Waals surface area contributed by atoms with Gasteiger partial charge in [0.05, 0.1) is 6.04 Å². The minimum absolute atomic E-state index is 0.0819. The van der Waals surface area contributed by atoms with Gasteiger partial charge in [0, 0.05) is 5.02 Å². The first-order valence-corrected chi connectivity index (χ1v) is 9.29. The third-order valence-electron chi connectivity index (χ3n) is 4.80. The van der Waals surface area contributed by atoms with Crippen molar-refractivity contribution in [3.8, 4) is 5.75 Å². The minimum Gasteiger partial charge on any atom is -0.481 e. The predicted molar refractivity (Wildman–Crippen MR) is 108 cm³/mol. The first kappa shape index (κ1) is 20.3. The van der Waals surface area contributed by atoms with Gasteiger partial charge in [-0.3, -0.25) is 4.79 Å². The normalized spacial score (nSPS) is 13.2. The van der Waals surface area contributed by atoms with Gasteiger partial charge in [0.25, 0.3) is 5.91 Å². The SMILES string of the molecule is Cc1cc(C)c([C@H](C)NC(=O)[C@H](C)Oc2cc(C)c(Cl)c(C)c2)cc1C. The number of nitrogens with one attached hydrogen (secondary N) is 1. The summed E-state index contributed by atoms with van der Waals surface area (Å²) in [6.45, 7) is 13.9. The number of hydrogen-bond acceptors (Lipinski definition) is 2. The fourth-order valence-corrected chi connectivity index (χ4v) is 3.20. The van der Waals surface area contributed by atoms with E-state index in [1.807, 2.05) is 32.9 Å². The number of rotatable bonds is 5. The van der Waals surface area contributed by atoms with Crippen LogP contribution >= 0.6 is 11.6 Å². The Kier molecular flexibility index (Phi) is 6.35. The van der Waals surface area contributed by atoms with E-state index in [1.54, 1.807) is 6.92 Å². The number of amides is 1. The fourth-order valence-electron chi connectivity index (χ4n) is 3.09. The standard InChI is InChI=1S/C22H28ClNO2/c1-12-8-14(3)20(11-13(12)2)17(6)24-22(25)18(7)26-19-9-15(4)21(23)16(5)10-19/h8-11,17-18H,1-7H3,(H,24,25)/t17-,18-/m0/s1. The molecule has 0 spiro atoms. The molecule has 1 amide bonds. The molecule has 2 aromatic rings. The topological polar surface area (TPSA) is 38.3 Å². The zero-order valence-corrected chi connectivity index (χ0v) is 17.4. The third kappa shape index (κ3) is 4.59. The van der Waals surface area contributed by atoms with E-state index in [0.29, 0.717) is 5.75 Å². The lowest BCUT2D eigenvalue weighted by molar-refractivity contribution is -0.127. The van der Waals surface area contributed by atoms with Gasteiger partial charge in [0.15, 0.2) is 6.10 Å². The molecule has 1 N–H and O–H groups in total. The minimum atomic E-state index is -0.593. The van der Waals surface area contributed by atoms with Gasteiger partial charge in [-0.05, 0) is 94.0 Å². The third-order valence-corrected chi connectivity index (χ3v) is 5.40. The number of carbonyl (C=O) groups is 1. The average Bonchev–Trinajstić information content (AvgIpc) is 2.55. The van der Waals surface area contributed by atoms with Crippen LogP contribution in [0.2, 0.25) is 5.02 Å². The Balaban J connectivity index is 2.08. The van der Waals surface area contributed by atoms with Crippen LogP contribution in [-0.2, 0) is 4.79 Å². The first-order chi connectivity index (χ1) is 12.1. The van der Waals surface area contributed by atoms with Crippen LogP contribution in [0.25, 0.3) is 0 Å². The lowest BCUT2D eigenvalue weighted by Crippen LogP contribution is -2.38. The van der Waals surface area contributed by atoms with Crippen LogP contribution in [0.5, 0.6) is 5.75 Å². The van der Waals surface area contributed by atoms with E-state index in [0.717, 1.165) is 21.7 Å². The molecule has 0 aliphatic carbocycles. The number of benzene rings is 2. The van der Waals surface area contributed by atoms with Gasteiger partial charge >= 0.3 is 0 Å². The smallest absolute Gasteiger partial charge is 0.261 e. The summed E-state index contributed by atoms with van der Waals surface area (Å²) in [6.07, 6.45) is -0.593. The molecule has 0 radical (unpaired) electrons. The quantitative estimate of drug-likeness (QED) is 0.748. The van der Waals surface area contributed by atoms with Crippen molar-refractivity contribution in [1.29, 1.82) is 0 Å². The summed E-state index contributed by atoms with van der Waals surface area (Å²) in [5.41, 5.74) is 6.67. The van der Waals surface area contributed by atoms with Gasteiger partial charge in [-0.2, -0.15) is 0 Å². The molecule has 0 saturated carbocycles. The summed E-state index contributed by atoms with van der Waals surface area (Å²) >= 11 is 6.19. The monoisotopic (exact) mass is 373 g/mol. The zero-order chi connectivity index (χ0) is 19.6. The summed E-state index contributed by atoms with van der Waals surface area (Å²) in [5, 5.41) is 3.78. The van der Waals surface area contributed by atoms with Crippen LogP contribution in [0.1, 0.15) is 53.3 Å². The zero-order valence-electron chi connectivity index (χ0n) is 16.7. The van der Waals surface area contributed by atoms with Crippen molar-refractivity contribution >= 4 is 17.5 Å². The van der Waals surface area contributed by atoms with Crippen molar-refractivity contribution in [2.75, 3.05) is 0 Å². The van der Waals surface area contributed by atoms with Crippen LogP contribution in [-0.4, -0.2) is 12.0 Å². The molecule has 26 heavy (non-hydrogen) atoms. The number of halogens is 1. The van der Waals surface area contributed by atoms with Gasteiger partial charge in [-0.1, -0.05) is 23.7 Å². The molecular formula is C22H28ClNO2. The maximum atomic E-state index is 12.6. The summed E-state index contributed by atoms with van der Waals surface area (Å²) in [4.78, 5) is 12.6. The second-order valence-electron chi connectivity index (χ2n) is 7.15. The van der Waals surface area contributed by atoms with Gasteiger partial charge in [0.1, 0.15) is 5.75 Å². The molecule has 2 atom stereocenters. The Morgan fingerprint density at radius 3 is 2.00 bits per heavy atom. The Hall–Kier alpha value is -2.00. The van der Waals surface area contributed by atoms with Gasteiger partial charge in [-0.15, -0.1) is 0 Å². The fraction of sp³-hybridized carbons (Fsp3) is 0.409. The molecular weight excluding hydrogens is 346 g/mol. The molecule has 0 heterocycles. The number of carbonyl (C=O) groups excluding carboxylic acids is 1. The summed E-state index contributed by atoms with van der Waals surface area (Å²) < 4.78 is 5.83. The Morgan fingerprint density at radius 2 is 1.42 bits per heavy atom. The van der Waals surface area contributed by atoms with Crippen LogP contribution in [0.3, 0.4) is 0 Å². The van der Waals surface area contributed by atoms with Crippen molar-refractivity contribution in [1.82, 2.24) is 5.32 Å². The second kappa shape index (κ2) is 8.13. The van der Waals surface area contributed by atoms with E-state index >= 15 is 0 Å². The van der Waals surface area contributed by atoms with E-state index in [-0.39, 0.29) is 11.9 Å². The van der Waals surface area contributed by atoms with Crippen molar-refractivity contribution in [2.24, 2.45) is 0 Å². The highest BCUT2D eigenvalue weighted by atomic mass is 35.5. The molecule has 4 heteroatoms. The molecule has 0 unspecified atom stereocenters. The van der Waals surface area contributed by atoms with Gasteiger partial charge in [-0.25, -0.2) is 0 Å². The first-order valence-electron chi connectivity index (χ1n) is 8.91. The molecule has 140 valence electrons. The van der Waals surface area contributed by atoms with Crippen LogP contribution in [0.4, 0.5) is 0 Å². The average molecular weight is 374 g/mol. The van der Waals surface area contributed by atoms with Crippen LogP contribution < -0.4 is 10.1 Å². The maximum absolute atomic E-state index is 12.6. The predicted octanol–water partition coefficient (Wildman–Crippen LogP) is 5.53. The van der Waals surface area contributed by atoms with E-state index in [9.17, 15) is 4.79 Å². The molecule has 3 nitrogen and oxygen atoms in total. The van der Waals surface area contributed by atoms with E-state index in [2.05, 4.69) is 38.2 Å². The molecule has 0 aliphatic heterocycles. The largest absolute Gasteiger partial charge is 0.481 e. The Labute approximate surface area is 161 Å². The lowest BCUT2D eigenvalue weighted by atomic mass is 9.96. The number of hydrogen-bond donors (Lipinski definition) is 1. The molecule has 0 bridgehead atoms. The van der Waals surface area contributed by atoms with Crippen molar-refractivity contribution in [2.45, 2.75) is 60.6 Å².